The predicted molar refractivity (Wildman–Crippen MR) is 83.8 cm³/mol. The second kappa shape index (κ2) is 7.41. The van der Waals surface area contributed by atoms with Gasteiger partial charge in [0.2, 0.25) is 5.91 Å². The molecule has 2 aromatic carbocycles. The number of carbonyl (C=O) groups is 1. The molecule has 0 saturated carbocycles. The van der Waals surface area contributed by atoms with Crippen molar-refractivity contribution in [1.82, 2.24) is 0 Å². The van der Waals surface area contributed by atoms with E-state index in [2.05, 4.69) is 5.32 Å². The third-order valence-corrected chi connectivity index (χ3v) is 3.94. The summed E-state index contributed by atoms with van der Waals surface area (Å²) in [5.74, 6) is 0.599. The number of amides is 1. The van der Waals surface area contributed by atoms with E-state index in [-0.39, 0.29) is 11.7 Å². The fraction of sp³-hybridized carbons (Fsp3) is 0.188. The third-order valence-electron chi connectivity index (χ3n) is 2.93. The van der Waals surface area contributed by atoms with Crippen molar-refractivity contribution in [3.63, 3.8) is 0 Å². The topological polar surface area (TPSA) is 38.3 Å². The van der Waals surface area contributed by atoms with Gasteiger partial charge in [0.1, 0.15) is 5.75 Å². The van der Waals surface area contributed by atoms with Crippen molar-refractivity contribution in [1.29, 1.82) is 0 Å². The van der Waals surface area contributed by atoms with Crippen molar-refractivity contribution >= 4 is 23.4 Å². The number of carbonyl (C=O) groups excluding carboxylic acids is 1. The van der Waals surface area contributed by atoms with E-state index in [0.29, 0.717) is 5.69 Å². The van der Waals surface area contributed by atoms with Gasteiger partial charge in [-0.2, -0.15) is 13.2 Å². The van der Waals surface area contributed by atoms with Crippen LogP contribution in [0.25, 0.3) is 0 Å². The summed E-state index contributed by atoms with van der Waals surface area (Å²) in [5, 5.41) is 2.56. The average Bonchev–Trinajstić information content (AvgIpc) is 2.53. The molecule has 23 heavy (non-hydrogen) atoms. The number of methoxy groups -OCH3 is 1. The van der Waals surface area contributed by atoms with Gasteiger partial charge in [0.05, 0.1) is 18.4 Å². The predicted octanol–water partition coefficient (Wildman–Crippen LogP) is 4.44. The number of thioether (sulfide) groups is 1. The molecule has 0 bridgehead atoms. The molecule has 3 nitrogen and oxygen atoms in total. The Hall–Kier alpha value is -2.15. The Balaban J connectivity index is 1.86. The monoisotopic (exact) mass is 341 g/mol. The first-order chi connectivity index (χ1) is 10.9. The van der Waals surface area contributed by atoms with Gasteiger partial charge >= 0.3 is 6.18 Å². The number of ether oxygens (including phenoxy) is 1. The van der Waals surface area contributed by atoms with Crippen LogP contribution < -0.4 is 10.1 Å². The number of hydrogen-bond acceptors (Lipinski definition) is 3. The zero-order chi connectivity index (χ0) is 16.9. The van der Waals surface area contributed by atoms with Crippen molar-refractivity contribution in [3.05, 3.63) is 54.1 Å². The number of hydrogen-bond donors (Lipinski definition) is 1. The lowest BCUT2D eigenvalue weighted by atomic mass is 10.2. The first-order valence-electron chi connectivity index (χ1n) is 6.62. The SMILES string of the molecule is COc1ccc(SCC(=O)Nc2ccc(C(F)(F)F)cc2)cc1. The molecule has 0 unspecified atom stereocenters. The van der Waals surface area contributed by atoms with Crippen LogP contribution in [0.5, 0.6) is 5.75 Å². The Kier molecular flexibility index (Phi) is 5.54. The highest BCUT2D eigenvalue weighted by Crippen LogP contribution is 2.30. The summed E-state index contributed by atoms with van der Waals surface area (Å²) in [6, 6.07) is 11.6. The summed E-state index contributed by atoms with van der Waals surface area (Å²) >= 11 is 1.33. The largest absolute Gasteiger partial charge is 0.497 e. The Morgan fingerprint density at radius 1 is 1.09 bits per heavy atom. The molecule has 2 rings (SSSR count). The van der Waals surface area contributed by atoms with Gasteiger partial charge < -0.3 is 10.1 Å². The smallest absolute Gasteiger partial charge is 0.416 e. The van der Waals surface area contributed by atoms with Crippen LogP contribution in [-0.2, 0) is 11.0 Å². The maximum Gasteiger partial charge on any atom is 0.416 e. The second-order valence-electron chi connectivity index (χ2n) is 4.59. The standard InChI is InChI=1S/C16H14F3NO2S/c1-22-13-6-8-14(9-7-13)23-10-15(21)20-12-4-2-11(3-5-12)16(17,18)19/h2-9H,10H2,1H3,(H,20,21). The molecule has 122 valence electrons. The first kappa shape index (κ1) is 17.2. The summed E-state index contributed by atoms with van der Waals surface area (Å²) in [7, 11) is 1.57. The summed E-state index contributed by atoms with van der Waals surface area (Å²) in [4.78, 5) is 12.7. The molecule has 2 aromatic rings. The summed E-state index contributed by atoms with van der Waals surface area (Å²) in [5.41, 5.74) is -0.415. The molecule has 0 saturated heterocycles. The summed E-state index contributed by atoms with van der Waals surface area (Å²) < 4.78 is 42.4. The highest BCUT2D eigenvalue weighted by atomic mass is 32.2. The fourth-order valence-corrected chi connectivity index (χ4v) is 2.46. The van der Waals surface area contributed by atoms with Crippen LogP contribution >= 0.6 is 11.8 Å². The average molecular weight is 341 g/mol. The lowest BCUT2D eigenvalue weighted by Crippen LogP contribution is -2.14. The van der Waals surface area contributed by atoms with E-state index in [1.54, 1.807) is 19.2 Å². The first-order valence-corrected chi connectivity index (χ1v) is 7.61. The number of rotatable bonds is 5. The van der Waals surface area contributed by atoms with Crippen LogP contribution in [0.4, 0.5) is 18.9 Å². The van der Waals surface area contributed by atoms with E-state index >= 15 is 0 Å². The van der Waals surface area contributed by atoms with Gasteiger partial charge in [-0.1, -0.05) is 0 Å². The van der Waals surface area contributed by atoms with Gasteiger partial charge in [-0.3, -0.25) is 4.79 Å². The van der Waals surface area contributed by atoms with E-state index in [4.69, 9.17) is 4.74 Å². The Labute approximate surface area is 135 Å². The molecule has 0 spiro atoms. The zero-order valence-electron chi connectivity index (χ0n) is 12.2. The van der Waals surface area contributed by atoms with Crippen LogP contribution in [0.3, 0.4) is 0 Å². The number of nitrogens with one attached hydrogen (secondary N) is 1. The van der Waals surface area contributed by atoms with Crippen LogP contribution in [0.15, 0.2) is 53.4 Å². The van der Waals surface area contributed by atoms with Crippen LogP contribution in [0.1, 0.15) is 5.56 Å². The molecule has 0 fully saturated rings. The number of halogens is 3. The zero-order valence-corrected chi connectivity index (χ0v) is 13.0. The second-order valence-corrected chi connectivity index (χ2v) is 5.64. The highest BCUT2D eigenvalue weighted by Gasteiger charge is 2.29. The van der Waals surface area contributed by atoms with Gasteiger partial charge in [0.15, 0.2) is 0 Å². The van der Waals surface area contributed by atoms with Crippen molar-refractivity contribution in [3.8, 4) is 5.75 Å². The maximum absolute atomic E-state index is 12.4. The van der Waals surface area contributed by atoms with Gasteiger partial charge in [0.25, 0.3) is 0 Å². The molecular weight excluding hydrogens is 327 g/mol. The van der Waals surface area contributed by atoms with E-state index in [1.165, 1.54) is 23.9 Å². The molecule has 0 aliphatic heterocycles. The Bertz CT molecular complexity index is 655. The van der Waals surface area contributed by atoms with Gasteiger partial charge in [-0.25, -0.2) is 0 Å². The molecule has 0 radical (unpaired) electrons. The molecule has 0 aliphatic rings. The molecule has 1 amide bonds. The molecule has 0 atom stereocenters. The van der Waals surface area contributed by atoms with Gasteiger partial charge in [-0.05, 0) is 48.5 Å². The maximum atomic E-state index is 12.4. The minimum Gasteiger partial charge on any atom is -0.497 e. The van der Waals surface area contributed by atoms with Crippen molar-refractivity contribution in [2.75, 3.05) is 18.2 Å². The van der Waals surface area contributed by atoms with Crippen LogP contribution in [0.2, 0.25) is 0 Å². The number of benzene rings is 2. The molecular formula is C16H14F3NO2S. The number of alkyl halides is 3. The van der Waals surface area contributed by atoms with Crippen LogP contribution in [-0.4, -0.2) is 18.8 Å². The minimum atomic E-state index is -4.38. The quantitative estimate of drug-likeness (QED) is 0.817. The normalized spacial score (nSPS) is 11.1. The lowest BCUT2D eigenvalue weighted by molar-refractivity contribution is -0.137. The van der Waals surface area contributed by atoms with Crippen LogP contribution in [0, 0.1) is 0 Å². The fourth-order valence-electron chi connectivity index (χ4n) is 1.76. The summed E-state index contributed by atoms with van der Waals surface area (Å²) in [6.45, 7) is 0. The lowest BCUT2D eigenvalue weighted by Gasteiger charge is -2.09. The third kappa shape index (κ3) is 5.21. The Morgan fingerprint density at radius 3 is 2.22 bits per heavy atom. The highest BCUT2D eigenvalue weighted by molar-refractivity contribution is 8.00. The molecule has 1 N–H and O–H groups in total. The van der Waals surface area contributed by atoms with E-state index in [0.717, 1.165) is 22.8 Å². The van der Waals surface area contributed by atoms with E-state index in [9.17, 15) is 18.0 Å². The molecule has 0 aromatic heterocycles. The Morgan fingerprint density at radius 2 is 1.70 bits per heavy atom. The molecule has 7 heteroatoms. The van der Waals surface area contributed by atoms with Gasteiger partial charge in [0, 0.05) is 10.6 Å². The van der Waals surface area contributed by atoms with E-state index in [1.807, 2.05) is 12.1 Å². The number of anilines is 1. The van der Waals surface area contributed by atoms with E-state index < -0.39 is 11.7 Å². The van der Waals surface area contributed by atoms with Crippen molar-refractivity contribution in [2.24, 2.45) is 0 Å². The van der Waals surface area contributed by atoms with Crippen molar-refractivity contribution in [2.45, 2.75) is 11.1 Å². The van der Waals surface area contributed by atoms with Gasteiger partial charge in [-0.15, -0.1) is 11.8 Å². The van der Waals surface area contributed by atoms with Crippen molar-refractivity contribution < 1.29 is 22.7 Å². The molecule has 0 aliphatic carbocycles. The minimum absolute atomic E-state index is 0.160. The summed E-state index contributed by atoms with van der Waals surface area (Å²) in [6.07, 6.45) is -4.38. The molecule has 0 heterocycles.